The summed E-state index contributed by atoms with van der Waals surface area (Å²) < 4.78 is 0. The topological polar surface area (TPSA) is 259 Å². The summed E-state index contributed by atoms with van der Waals surface area (Å²) in [6.07, 6.45) is 0. The highest BCUT2D eigenvalue weighted by atomic mass is 16.7. The van der Waals surface area contributed by atoms with Gasteiger partial charge in [0.1, 0.15) is 0 Å². The standard InChI is InChI=1S/2C7H5N3O6/c2*1-4-2-3-5(8(11)12)7(10(15)16)6(4)9(13)14/h2*2-3H,1H3. The predicted molar refractivity (Wildman–Crippen MR) is 102 cm³/mol. The third-order valence-corrected chi connectivity index (χ3v) is 3.79. The first-order chi connectivity index (χ1) is 14.7. The molecule has 0 radical (unpaired) electrons. The van der Waals surface area contributed by atoms with E-state index in [0.29, 0.717) is 0 Å². The van der Waals surface area contributed by atoms with E-state index in [1.807, 2.05) is 0 Å². The Balaban J connectivity index is 0.000000320. The van der Waals surface area contributed by atoms with Crippen LogP contribution in [0.3, 0.4) is 0 Å². The molecule has 0 unspecified atom stereocenters. The van der Waals surface area contributed by atoms with E-state index >= 15 is 0 Å². The quantitative estimate of drug-likeness (QED) is 0.448. The fourth-order valence-electron chi connectivity index (χ4n) is 2.46. The second kappa shape index (κ2) is 9.56. The van der Waals surface area contributed by atoms with E-state index in [9.17, 15) is 60.7 Å². The molecule has 18 heteroatoms. The van der Waals surface area contributed by atoms with Crippen LogP contribution in [0.25, 0.3) is 0 Å². The molecule has 0 amide bonds. The average molecular weight is 454 g/mol. The third-order valence-electron chi connectivity index (χ3n) is 3.79. The van der Waals surface area contributed by atoms with E-state index in [-0.39, 0.29) is 11.1 Å². The summed E-state index contributed by atoms with van der Waals surface area (Å²) in [5.74, 6) is 0. The largest absolute Gasteiger partial charge is 0.422 e. The van der Waals surface area contributed by atoms with Gasteiger partial charge in [-0.15, -0.1) is 0 Å². The molecule has 0 fully saturated rings. The minimum atomic E-state index is -1.12. The molecule has 2 aromatic rings. The molecule has 0 spiro atoms. The maximum absolute atomic E-state index is 10.6. The van der Waals surface area contributed by atoms with Gasteiger partial charge in [0, 0.05) is 23.3 Å². The van der Waals surface area contributed by atoms with Crippen LogP contribution in [0.1, 0.15) is 11.1 Å². The van der Waals surface area contributed by atoms with Gasteiger partial charge in [0.15, 0.2) is 0 Å². The fourth-order valence-corrected chi connectivity index (χ4v) is 2.46. The zero-order chi connectivity index (χ0) is 24.9. The van der Waals surface area contributed by atoms with Crippen LogP contribution in [-0.4, -0.2) is 29.5 Å². The van der Waals surface area contributed by atoms with Crippen molar-refractivity contribution in [1.82, 2.24) is 0 Å². The predicted octanol–water partition coefficient (Wildman–Crippen LogP) is 3.44. The summed E-state index contributed by atoms with van der Waals surface area (Å²) in [5, 5.41) is 63.4. The lowest BCUT2D eigenvalue weighted by Crippen LogP contribution is -2.02. The first-order valence-electron chi connectivity index (χ1n) is 7.85. The van der Waals surface area contributed by atoms with Gasteiger partial charge < -0.3 is 0 Å². The number of hydrogen-bond donors (Lipinski definition) is 0. The third kappa shape index (κ3) is 5.06. The summed E-state index contributed by atoms with van der Waals surface area (Å²) >= 11 is 0. The van der Waals surface area contributed by atoms with Gasteiger partial charge in [-0.1, -0.05) is 0 Å². The van der Waals surface area contributed by atoms with Crippen LogP contribution in [0.15, 0.2) is 24.3 Å². The zero-order valence-corrected chi connectivity index (χ0v) is 15.9. The van der Waals surface area contributed by atoms with Crippen molar-refractivity contribution >= 4 is 34.1 Å². The van der Waals surface area contributed by atoms with Gasteiger partial charge in [0.2, 0.25) is 0 Å². The molecule has 0 aliphatic rings. The van der Waals surface area contributed by atoms with Crippen molar-refractivity contribution in [3.63, 3.8) is 0 Å². The van der Waals surface area contributed by atoms with Crippen molar-refractivity contribution in [2.75, 3.05) is 0 Å². The van der Waals surface area contributed by atoms with Crippen molar-refractivity contribution in [3.05, 3.63) is 96.1 Å². The van der Waals surface area contributed by atoms with Gasteiger partial charge in [0.05, 0.1) is 29.5 Å². The Hall–Kier alpha value is -5.16. The number of rotatable bonds is 6. The van der Waals surface area contributed by atoms with Crippen molar-refractivity contribution in [3.8, 4) is 0 Å². The Morgan fingerprint density at radius 1 is 0.438 bits per heavy atom. The van der Waals surface area contributed by atoms with Crippen molar-refractivity contribution in [2.45, 2.75) is 13.8 Å². The second-order valence-corrected chi connectivity index (χ2v) is 5.74. The Morgan fingerprint density at radius 3 is 0.875 bits per heavy atom. The Bertz CT molecular complexity index is 1090. The van der Waals surface area contributed by atoms with Crippen LogP contribution in [0.4, 0.5) is 34.1 Å². The van der Waals surface area contributed by atoms with E-state index < -0.39 is 63.7 Å². The Morgan fingerprint density at radius 2 is 0.688 bits per heavy atom. The van der Waals surface area contributed by atoms with Crippen LogP contribution in [0, 0.1) is 74.5 Å². The van der Waals surface area contributed by atoms with Crippen LogP contribution < -0.4 is 0 Å². The minimum absolute atomic E-state index is 0.00213. The zero-order valence-electron chi connectivity index (χ0n) is 15.9. The molecule has 0 bridgehead atoms. The lowest BCUT2D eigenvalue weighted by atomic mass is 10.1. The first-order valence-corrected chi connectivity index (χ1v) is 7.85. The molecule has 0 aromatic heterocycles. The Labute approximate surface area is 174 Å². The second-order valence-electron chi connectivity index (χ2n) is 5.74. The first kappa shape index (κ1) is 24.9. The van der Waals surface area contributed by atoms with Crippen molar-refractivity contribution in [1.29, 1.82) is 0 Å². The highest BCUT2D eigenvalue weighted by molar-refractivity contribution is 5.69. The molecule has 0 heterocycles. The van der Waals surface area contributed by atoms with Gasteiger partial charge in [-0.25, -0.2) is 0 Å². The lowest BCUT2D eigenvalue weighted by Gasteiger charge is -1.98. The summed E-state index contributed by atoms with van der Waals surface area (Å²) in [5.41, 5.74) is -5.64. The molecular weight excluding hydrogens is 444 g/mol. The molecule has 0 atom stereocenters. The molecule has 2 rings (SSSR count). The summed E-state index contributed by atoms with van der Waals surface area (Å²) in [4.78, 5) is 57.1. The van der Waals surface area contributed by atoms with Crippen LogP contribution in [-0.2, 0) is 0 Å². The number of hydrogen-bond acceptors (Lipinski definition) is 12. The fraction of sp³-hybridized carbons (Fsp3) is 0.143. The molecule has 32 heavy (non-hydrogen) atoms. The smallest absolute Gasteiger partial charge is 0.258 e. The minimum Gasteiger partial charge on any atom is -0.258 e. The normalized spacial score (nSPS) is 9.81. The van der Waals surface area contributed by atoms with Crippen LogP contribution in [0.2, 0.25) is 0 Å². The molecule has 0 saturated heterocycles. The Kier molecular flexibility index (Phi) is 7.43. The maximum atomic E-state index is 10.6. The van der Waals surface area contributed by atoms with Gasteiger partial charge in [0.25, 0.3) is 0 Å². The van der Waals surface area contributed by atoms with E-state index in [0.717, 1.165) is 24.3 Å². The summed E-state index contributed by atoms with van der Waals surface area (Å²) in [7, 11) is 0. The maximum Gasteiger partial charge on any atom is 0.422 e. The summed E-state index contributed by atoms with van der Waals surface area (Å²) in [6, 6.07) is 3.95. The van der Waals surface area contributed by atoms with Gasteiger partial charge >= 0.3 is 34.1 Å². The number of aryl methyl sites for hydroxylation is 2. The highest BCUT2D eigenvalue weighted by Crippen LogP contribution is 2.39. The van der Waals surface area contributed by atoms with E-state index in [1.165, 1.54) is 13.8 Å². The molecule has 2 aromatic carbocycles. The number of nitro benzene ring substituents is 6. The van der Waals surface area contributed by atoms with Crippen molar-refractivity contribution < 1.29 is 29.5 Å². The number of nitro groups is 6. The summed E-state index contributed by atoms with van der Waals surface area (Å²) in [6.45, 7) is 2.55. The van der Waals surface area contributed by atoms with E-state index in [1.54, 1.807) is 0 Å². The van der Waals surface area contributed by atoms with E-state index in [2.05, 4.69) is 0 Å². The van der Waals surface area contributed by atoms with Gasteiger partial charge in [-0.2, -0.15) is 0 Å². The number of nitrogens with zero attached hydrogens (tertiary/aromatic N) is 6. The molecule has 0 aliphatic carbocycles. The molecule has 0 saturated carbocycles. The van der Waals surface area contributed by atoms with Crippen molar-refractivity contribution in [2.24, 2.45) is 0 Å². The van der Waals surface area contributed by atoms with E-state index in [4.69, 9.17) is 0 Å². The SMILES string of the molecule is Cc1ccc([N+](=O)[O-])c([N+](=O)[O-])c1[N+](=O)[O-].Cc1ccc([N+](=O)[O-])c([N+](=O)[O-])c1[N+](=O)[O-]. The van der Waals surface area contributed by atoms with Gasteiger partial charge in [-0.05, 0) is 26.0 Å². The highest BCUT2D eigenvalue weighted by Gasteiger charge is 2.38. The molecule has 0 aliphatic heterocycles. The lowest BCUT2D eigenvalue weighted by molar-refractivity contribution is -0.441. The van der Waals surface area contributed by atoms with Crippen LogP contribution >= 0.6 is 0 Å². The average Bonchev–Trinajstić information content (AvgIpc) is 2.66. The molecular formula is C14H10N6O12. The van der Waals surface area contributed by atoms with Gasteiger partial charge in [-0.3, -0.25) is 60.7 Å². The molecule has 18 nitrogen and oxygen atoms in total. The van der Waals surface area contributed by atoms with Crippen LogP contribution in [0.5, 0.6) is 0 Å². The molecule has 0 N–H and O–H groups in total. The molecule has 168 valence electrons. The number of benzene rings is 2. The monoisotopic (exact) mass is 454 g/mol.